The van der Waals surface area contributed by atoms with Crippen LogP contribution in [0.5, 0.6) is 0 Å². The Balaban J connectivity index is 1.03. The van der Waals surface area contributed by atoms with Crippen molar-refractivity contribution in [1.29, 1.82) is 0 Å². The number of aromatic nitrogens is 6. The highest BCUT2D eigenvalue weighted by atomic mass is 15.4. The minimum absolute atomic E-state index is 0.903. The topological polar surface area (TPSA) is 53.5 Å². The standard InChI is InChI=1S/C53H34N6/c1-3-11-45-33(9-1)16-20-47(55-45)37-18-22-49-41(29-37)43-27-35-14-15-36-28-44-42-30-38(48-21-17-34-10-2-4-12-46(34)56-48)19-23-50(42)59(57-25-7-8-26-57)52(44)32-40(36)39(35)31-51(43)58(49)53-13-5-6-24-54-53/h1-13,16-32H,14-15H2. The zero-order valence-corrected chi connectivity index (χ0v) is 31.9. The molecule has 0 unspecified atom stereocenters. The Morgan fingerprint density at radius 1 is 0.424 bits per heavy atom. The van der Waals surface area contributed by atoms with E-state index >= 15 is 0 Å². The van der Waals surface area contributed by atoms with E-state index < -0.39 is 0 Å². The van der Waals surface area contributed by atoms with Gasteiger partial charge in [0.2, 0.25) is 0 Å². The maximum Gasteiger partial charge on any atom is 0.137 e. The van der Waals surface area contributed by atoms with Gasteiger partial charge < -0.3 is 0 Å². The van der Waals surface area contributed by atoms with Crippen LogP contribution in [0, 0.1) is 0 Å². The molecule has 6 aromatic carbocycles. The van der Waals surface area contributed by atoms with Crippen LogP contribution in [0.3, 0.4) is 0 Å². The molecule has 0 radical (unpaired) electrons. The Morgan fingerprint density at radius 3 is 1.63 bits per heavy atom. The van der Waals surface area contributed by atoms with Crippen LogP contribution in [0.4, 0.5) is 0 Å². The van der Waals surface area contributed by atoms with E-state index in [2.05, 4.69) is 184 Å². The highest BCUT2D eigenvalue weighted by Crippen LogP contribution is 2.44. The summed E-state index contributed by atoms with van der Waals surface area (Å²) in [5.41, 5.74) is 16.1. The van der Waals surface area contributed by atoms with Crippen molar-refractivity contribution in [2.45, 2.75) is 12.8 Å². The van der Waals surface area contributed by atoms with Crippen molar-refractivity contribution in [3.63, 3.8) is 0 Å². The van der Waals surface area contributed by atoms with Gasteiger partial charge in [0.1, 0.15) is 5.82 Å². The van der Waals surface area contributed by atoms with Crippen molar-refractivity contribution in [2.24, 2.45) is 0 Å². The highest BCUT2D eigenvalue weighted by Gasteiger charge is 2.24. The number of benzene rings is 6. The summed E-state index contributed by atoms with van der Waals surface area (Å²) in [6.07, 6.45) is 8.07. The lowest BCUT2D eigenvalue weighted by Gasteiger charge is -2.21. The van der Waals surface area contributed by atoms with Crippen molar-refractivity contribution in [3.05, 3.63) is 194 Å². The van der Waals surface area contributed by atoms with Crippen molar-refractivity contribution in [3.8, 4) is 39.5 Å². The molecular weight excluding hydrogens is 721 g/mol. The van der Waals surface area contributed by atoms with Crippen molar-refractivity contribution in [1.82, 2.24) is 28.9 Å². The number of aryl methyl sites for hydroxylation is 2. The third kappa shape index (κ3) is 4.90. The van der Waals surface area contributed by atoms with Gasteiger partial charge in [-0.15, -0.1) is 0 Å². The first kappa shape index (κ1) is 32.3. The van der Waals surface area contributed by atoms with Crippen molar-refractivity contribution in [2.75, 3.05) is 0 Å². The summed E-state index contributed by atoms with van der Waals surface area (Å²) in [7, 11) is 0. The Kier molecular flexibility index (Phi) is 6.75. The van der Waals surface area contributed by atoms with E-state index in [1.165, 1.54) is 49.3 Å². The van der Waals surface area contributed by atoms with Crippen LogP contribution in [-0.2, 0) is 12.8 Å². The molecule has 13 rings (SSSR count). The molecule has 59 heavy (non-hydrogen) atoms. The largest absolute Gasteiger partial charge is 0.294 e. The molecule has 276 valence electrons. The second kappa shape index (κ2) is 12.3. The third-order valence-corrected chi connectivity index (χ3v) is 12.4. The van der Waals surface area contributed by atoms with E-state index in [0.29, 0.717) is 0 Å². The normalized spacial score (nSPS) is 12.6. The van der Waals surface area contributed by atoms with Crippen LogP contribution >= 0.6 is 0 Å². The maximum absolute atomic E-state index is 5.06. The summed E-state index contributed by atoms with van der Waals surface area (Å²) >= 11 is 0. The highest BCUT2D eigenvalue weighted by molar-refractivity contribution is 6.14. The van der Waals surface area contributed by atoms with Crippen LogP contribution in [0.15, 0.2) is 182 Å². The molecule has 0 N–H and O–H groups in total. The molecule has 12 aromatic rings. The van der Waals surface area contributed by atoms with E-state index in [-0.39, 0.29) is 0 Å². The van der Waals surface area contributed by atoms with E-state index in [1.54, 1.807) is 0 Å². The molecule has 0 fully saturated rings. The molecule has 0 atom stereocenters. The molecule has 6 nitrogen and oxygen atoms in total. The summed E-state index contributed by atoms with van der Waals surface area (Å²) < 4.78 is 6.87. The monoisotopic (exact) mass is 754 g/mol. The van der Waals surface area contributed by atoms with Gasteiger partial charge in [0, 0.05) is 62.0 Å². The lowest BCUT2D eigenvalue weighted by Crippen LogP contribution is -2.08. The fourth-order valence-electron chi connectivity index (χ4n) is 9.60. The molecule has 1 aliphatic rings. The Morgan fingerprint density at radius 2 is 0.983 bits per heavy atom. The van der Waals surface area contributed by atoms with Gasteiger partial charge in [-0.1, -0.05) is 66.7 Å². The van der Waals surface area contributed by atoms with Gasteiger partial charge in [-0.05, 0) is 132 Å². The molecule has 0 amide bonds. The van der Waals surface area contributed by atoms with Crippen LogP contribution in [0.25, 0.3) is 105 Å². The van der Waals surface area contributed by atoms with Crippen molar-refractivity contribution < 1.29 is 0 Å². The molecule has 0 spiro atoms. The van der Waals surface area contributed by atoms with Gasteiger partial charge >= 0.3 is 0 Å². The van der Waals surface area contributed by atoms with Gasteiger partial charge in [-0.3, -0.25) is 9.24 Å². The third-order valence-electron chi connectivity index (χ3n) is 12.4. The van der Waals surface area contributed by atoms with E-state index in [1.807, 2.05) is 12.3 Å². The van der Waals surface area contributed by atoms with E-state index in [9.17, 15) is 0 Å². The van der Waals surface area contributed by atoms with Crippen LogP contribution in [-0.4, -0.2) is 28.9 Å². The second-order valence-corrected chi connectivity index (χ2v) is 15.7. The SMILES string of the molecule is c1ccc(-n2c3ccc(-c4ccc5ccccc5n4)cc3c3cc4c(cc32)-c2cc3c(cc2CC4)c2cc(-c4ccc5ccccc5n4)ccc2n3-n2cccc2)nc1. The second-order valence-electron chi connectivity index (χ2n) is 15.7. The van der Waals surface area contributed by atoms with E-state index in [4.69, 9.17) is 15.0 Å². The number of hydrogen-bond acceptors (Lipinski definition) is 3. The van der Waals surface area contributed by atoms with Gasteiger partial charge in [0.15, 0.2) is 0 Å². The molecule has 1 aliphatic carbocycles. The van der Waals surface area contributed by atoms with Gasteiger partial charge in [0.25, 0.3) is 0 Å². The number of hydrogen-bond donors (Lipinski definition) is 0. The lowest BCUT2D eigenvalue weighted by molar-refractivity contribution is 0.718. The fraction of sp³-hybridized carbons (Fsp3) is 0.0377. The molecule has 6 heterocycles. The average Bonchev–Trinajstić information content (AvgIpc) is 4.02. The summed E-state index contributed by atoms with van der Waals surface area (Å²) in [6, 6.07) is 58.9. The minimum Gasteiger partial charge on any atom is -0.294 e. The first-order valence-electron chi connectivity index (χ1n) is 20.2. The zero-order chi connectivity index (χ0) is 38.6. The molecule has 0 bridgehead atoms. The van der Waals surface area contributed by atoms with E-state index in [0.717, 1.165) is 79.5 Å². The summed E-state index contributed by atoms with van der Waals surface area (Å²) in [6.45, 7) is 0. The average molecular weight is 755 g/mol. The summed E-state index contributed by atoms with van der Waals surface area (Å²) in [4.78, 5) is 15.0. The zero-order valence-electron chi connectivity index (χ0n) is 31.9. The molecule has 0 aliphatic heterocycles. The number of pyridine rings is 3. The fourth-order valence-corrected chi connectivity index (χ4v) is 9.60. The van der Waals surface area contributed by atoms with Crippen LogP contribution < -0.4 is 0 Å². The molecule has 6 aromatic heterocycles. The smallest absolute Gasteiger partial charge is 0.137 e. The maximum atomic E-state index is 5.06. The Hall–Kier alpha value is -7.83. The minimum atomic E-state index is 0.903. The first-order chi connectivity index (χ1) is 29.2. The Bertz CT molecular complexity index is 3670. The summed E-state index contributed by atoms with van der Waals surface area (Å²) in [5, 5.41) is 7.19. The molecule has 0 saturated heterocycles. The van der Waals surface area contributed by atoms with Gasteiger partial charge in [-0.2, -0.15) is 0 Å². The molecule has 0 saturated carbocycles. The molecular formula is C53H34N6. The molecule has 6 heteroatoms. The van der Waals surface area contributed by atoms with Gasteiger partial charge in [-0.25, -0.2) is 19.6 Å². The number of para-hydroxylation sites is 2. The van der Waals surface area contributed by atoms with Crippen molar-refractivity contribution >= 4 is 65.4 Å². The van der Waals surface area contributed by atoms with Crippen LogP contribution in [0.1, 0.15) is 11.1 Å². The first-order valence-corrected chi connectivity index (χ1v) is 20.2. The Labute approximate surface area is 338 Å². The van der Waals surface area contributed by atoms with Gasteiger partial charge in [0.05, 0.1) is 44.5 Å². The number of nitrogens with zero attached hydrogens (tertiary/aromatic N) is 6. The van der Waals surface area contributed by atoms with Crippen LogP contribution in [0.2, 0.25) is 0 Å². The lowest BCUT2D eigenvalue weighted by atomic mass is 9.84. The number of fused-ring (bicyclic) bond motifs is 11. The number of rotatable bonds is 4. The summed E-state index contributed by atoms with van der Waals surface area (Å²) in [5.74, 6) is 0.903. The quantitative estimate of drug-likeness (QED) is 0.180. The predicted octanol–water partition coefficient (Wildman–Crippen LogP) is 12.6. The predicted molar refractivity (Wildman–Crippen MR) is 241 cm³/mol.